The van der Waals surface area contributed by atoms with E-state index < -0.39 is 11.9 Å². The summed E-state index contributed by atoms with van der Waals surface area (Å²) >= 11 is 0. The van der Waals surface area contributed by atoms with Crippen molar-refractivity contribution in [3.63, 3.8) is 0 Å². The summed E-state index contributed by atoms with van der Waals surface area (Å²) in [5, 5.41) is 12.9. The molecule has 1 saturated carbocycles. The molecule has 102 valence electrons. The lowest BCUT2D eigenvalue weighted by Gasteiger charge is -2.29. The summed E-state index contributed by atoms with van der Waals surface area (Å²) in [6.07, 6.45) is 5.81. The monoisotopic (exact) mass is 259 g/mol. The summed E-state index contributed by atoms with van der Waals surface area (Å²) in [5.74, 6) is -0.391. The summed E-state index contributed by atoms with van der Waals surface area (Å²) in [6, 6.07) is 8.35. The number of carbonyl (C=O) groups is 1. The lowest BCUT2D eigenvalue weighted by Crippen LogP contribution is -2.41. The molecule has 0 amide bonds. The molecular weight excluding hydrogens is 238 g/mol. The summed E-state index contributed by atoms with van der Waals surface area (Å²) < 4.78 is 0. The van der Waals surface area contributed by atoms with Gasteiger partial charge in [-0.15, -0.1) is 0 Å². The number of hydrogen-bond acceptors (Lipinski definition) is 2. The second-order valence-electron chi connectivity index (χ2n) is 5.81. The van der Waals surface area contributed by atoms with Crippen LogP contribution in [-0.2, 0) is 4.79 Å². The van der Waals surface area contributed by atoms with Crippen molar-refractivity contribution in [3.8, 4) is 0 Å². The number of carboxylic acid groups (broad SMARTS) is 1. The maximum absolute atomic E-state index is 11.6. The Labute approximate surface area is 114 Å². The van der Waals surface area contributed by atoms with Gasteiger partial charge in [0, 0.05) is 6.04 Å². The molecule has 0 radical (unpaired) electrons. The average Bonchev–Trinajstić information content (AvgIpc) is 3.25. The van der Waals surface area contributed by atoms with Crippen molar-refractivity contribution in [3.05, 3.63) is 35.4 Å². The molecule has 3 nitrogen and oxygen atoms in total. The van der Waals surface area contributed by atoms with Gasteiger partial charge in [-0.3, -0.25) is 4.79 Å². The van der Waals surface area contributed by atoms with Crippen LogP contribution in [0.4, 0.5) is 0 Å². The Morgan fingerprint density at radius 2 is 1.89 bits per heavy atom. The van der Waals surface area contributed by atoms with E-state index in [1.165, 1.54) is 18.4 Å². The van der Waals surface area contributed by atoms with Crippen LogP contribution in [0.15, 0.2) is 24.3 Å². The van der Waals surface area contributed by atoms with Crippen molar-refractivity contribution in [1.82, 2.24) is 5.32 Å². The Balaban J connectivity index is 1.79. The van der Waals surface area contributed by atoms with Crippen LogP contribution in [-0.4, -0.2) is 23.7 Å². The van der Waals surface area contributed by atoms with Crippen LogP contribution in [0.3, 0.4) is 0 Å². The van der Waals surface area contributed by atoms with Gasteiger partial charge in [0.25, 0.3) is 0 Å². The van der Waals surface area contributed by atoms with Crippen LogP contribution in [0.25, 0.3) is 0 Å². The quantitative estimate of drug-likeness (QED) is 0.874. The average molecular weight is 259 g/mol. The van der Waals surface area contributed by atoms with Crippen LogP contribution < -0.4 is 5.32 Å². The number of nitrogens with one attached hydrogen (secondary N) is 1. The molecule has 1 heterocycles. The van der Waals surface area contributed by atoms with Gasteiger partial charge < -0.3 is 10.4 Å². The molecule has 0 spiro atoms. The Morgan fingerprint density at radius 1 is 1.16 bits per heavy atom. The number of hydrogen-bond donors (Lipinski definition) is 2. The van der Waals surface area contributed by atoms with Gasteiger partial charge in [0.15, 0.2) is 0 Å². The third-order valence-electron chi connectivity index (χ3n) is 4.36. The van der Waals surface area contributed by atoms with Gasteiger partial charge in [0.1, 0.15) is 0 Å². The first kappa shape index (κ1) is 12.7. The van der Waals surface area contributed by atoms with Gasteiger partial charge in [0.2, 0.25) is 0 Å². The highest BCUT2D eigenvalue weighted by molar-refractivity contribution is 5.77. The van der Waals surface area contributed by atoms with Crippen LogP contribution in [0.5, 0.6) is 0 Å². The Bertz CT molecular complexity index is 444. The predicted molar refractivity (Wildman–Crippen MR) is 74.4 cm³/mol. The Morgan fingerprint density at radius 3 is 2.42 bits per heavy atom. The standard InChI is InChI=1S/C16H21NO2/c18-16(19)15(14-3-1-2-10-17-14)13-8-6-12(7-9-13)11-4-5-11/h6-9,11,14-15,17H,1-5,10H2,(H,18,19). The third kappa shape index (κ3) is 2.81. The zero-order chi connectivity index (χ0) is 13.2. The smallest absolute Gasteiger partial charge is 0.312 e. The molecule has 1 saturated heterocycles. The molecule has 0 aromatic heterocycles. The van der Waals surface area contributed by atoms with E-state index in [9.17, 15) is 9.90 Å². The fourth-order valence-electron chi connectivity index (χ4n) is 3.10. The first-order valence-electron chi connectivity index (χ1n) is 7.32. The van der Waals surface area contributed by atoms with Gasteiger partial charge in [0.05, 0.1) is 5.92 Å². The van der Waals surface area contributed by atoms with Gasteiger partial charge in [-0.2, -0.15) is 0 Å². The van der Waals surface area contributed by atoms with E-state index in [2.05, 4.69) is 17.4 Å². The van der Waals surface area contributed by atoms with Crippen LogP contribution in [0, 0.1) is 0 Å². The van der Waals surface area contributed by atoms with Crippen molar-refractivity contribution >= 4 is 5.97 Å². The van der Waals surface area contributed by atoms with Crippen LogP contribution >= 0.6 is 0 Å². The first-order valence-corrected chi connectivity index (χ1v) is 7.32. The first-order chi connectivity index (χ1) is 9.25. The van der Waals surface area contributed by atoms with Gasteiger partial charge in [-0.25, -0.2) is 0 Å². The highest BCUT2D eigenvalue weighted by Crippen LogP contribution is 2.40. The number of rotatable bonds is 4. The van der Waals surface area contributed by atoms with E-state index in [-0.39, 0.29) is 6.04 Å². The molecule has 3 rings (SSSR count). The Kier molecular flexibility index (Phi) is 3.56. The molecule has 2 atom stereocenters. The fourth-order valence-corrected chi connectivity index (χ4v) is 3.10. The zero-order valence-corrected chi connectivity index (χ0v) is 11.1. The summed E-state index contributed by atoms with van der Waals surface area (Å²) in [5.41, 5.74) is 2.31. The summed E-state index contributed by atoms with van der Waals surface area (Å²) in [7, 11) is 0. The molecule has 1 aromatic carbocycles. The fraction of sp³-hybridized carbons (Fsp3) is 0.562. The van der Waals surface area contributed by atoms with E-state index >= 15 is 0 Å². The van der Waals surface area contributed by atoms with Gasteiger partial charge in [-0.05, 0) is 49.3 Å². The van der Waals surface area contributed by atoms with E-state index in [1.807, 2.05) is 12.1 Å². The predicted octanol–water partition coefficient (Wildman–Crippen LogP) is 2.87. The molecule has 1 aromatic rings. The highest BCUT2D eigenvalue weighted by Gasteiger charge is 2.31. The maximum atomic E-state index is 11.6. The van der Waals surface area contributed by atoms with Crippen molar-refractivity contribution in [2.75, 3.05) is 6.54 Å². The molecule has 2 fully saturated rings. The molecule has 2 N–H and O–H groups in total. The van der Waals surface area contributed by atoms with E-state index in [1.54, 1.807) is 0 Å². The van der Waals surface area contributed by atoms with Crippen LogP contribution in [0.2, 0.25) is 0 Å². The normalized spacial score (nSPS) is 24.9. The second kappa shape index (κ2) is 5.33. The molecule has 0 bridgehead atoms. The number of piperidine rings is 1. The third-order valence-corrected chi connectivity index (χ3v) is 4.36. The van der Waals surface area contributed by atoms with Crippen molar-refractivity contribution in [1.29, 1.82) is 0 Å². The molecule has 19 heavy (non-hydrogen) atoms. The lowest BCUT2D eigenvalue weighted by molar-refractivity contribution is -0.139. The molecule has 1 aliphatic heterocycles. The largest absolute Gasteiger partial charge is 0.481 e. The van der Waals surface area contributed by atoms with Crippen LogP contribution in [0.1, 0.15) is 55.1 Å². The summed E-state index contributed by atoms with van der Waals surface area (Å²) in [6.45, 7) is 0.939. The van der Waals surface area contributed by atoms with Crippen molar-refractivity contribution in [2.45, 2.75) is 50.0 Å². The van der Waals surface area contributed by atoms with Crippen molar-refractivity contribution in [2.24, 2.45) is 0 Å². The van der Waals surface area contributed by atoms with Crippen molar-refractivity contribution < 1.29 is 9.90 Å². The van der Waals surface area contributed by atoms with E-state index in [0.717, 1.165) is 37.3 Å². The highest BCUT2D eigenvalue weighted by atomic mass is 16.4. The molecule has 2 unspecified atom stereocenters. The second-order valence-corrected chi connectivity index (χ2v) is 5.81. The minimum Gasteiger partial charge on any atom is -0.481 e. The SMILES string of the molecule is O=C(O)C(c1ccc(C2CC2)cc1)C1CCCCN1. The molecule has 3 heteroatoms. The lowest BCUT2D eigenvalue weighted by atomic mass is 9.86. The summed E-state index contributed by atoms with van der Waals surface area (Å²) in [4.78, 5) is 11.6. The topological polar surface area (TPSA) is 49.3 Å². The maximum Gasteiger partial charge on any atom is 0.312 e. The number of benzene rings is 1. The molecule has 1 aliphatic carbocycles. The van der Waals surface area contributed by atoms with E-state index in [0.29, 0.717) is 0 Å². The molecule has 2 aliphatic rings. The Hall–Kier alpha value is -1.35. The van der Waals surface area contributed by atoms with Gasteiger partial charge >= 0.3 is 5.97 Å². The zero-order valence-electron chi connectivity index (χ0n) is 11.1. The number of aliphatic carboxylic acids is 1. The minimum atomic E-state index is -0.710. The van der Waals surface area contributed by atoms with Gasteiger partial charge in [-0.1, -0.05) is 30.7 Å². The van der Waals surface area contributed by atoms with E-state index in [4.69, 9.17) is 0 Å². The molecular formula is C16H21NO2. The number of carboxylic acids is 1. The minimum absolute atomic E-state index is 0.0815.